The molecule has 0 spiro atoms. The summed E-state index contributed by atoms with van der Waals surface area (Å²) in [6.45, 7) is 2.93. The number of aliphatic imine (C=N–C) groups is 1. The highest BCUT2D eigenvalue weighted by Crippen LogP contribution is 2.32. The fraction of sp³-hybridized carbons (Fsp3) is 0.632. The zero-order valence-corrected chi connectivity index (χ0v) is 17.7. The Bertz CT molecular complexity index is 570. The van der Waals surface area contributed by atoms with E-state index in [-0.39, 0.29) is 30.0 Å². The lowest BCUT2D eigenvalue weighted by molar-refractivity contribution is 0.165. The number of para-hydroxylation sites is 1. The second kappa shape index (κ2) is 9.62. The van der Waals surface area contributed by atoms with E-state index >= 15 is 0 Å². The predicted molar refractivity (Wildman–Crippen MR) is 114 cm³/mol. The summed E-state index contributed by atoms with van der Waals surface area (Å²) in [5.41, 5.74) is 7.43. The van der Waals surface area contributed by atoms with Gasteiger partial charge in [-0.05, 0) is 44.8 Å². The topological polar surface area (TPSA) is 54.1 Å². The highest BCUT2D eigenvalue weighted by Gasteiger charge is 2.28. The molecule has 25 heavy (non-hydrogen) atoms. The quantitative estimate of drug-likeness (QED) is 0.404. The molecule has 6 heteroatoms. The average Bonchev–Trinajstić information content (AvgIpc) is 3.47. The smallest absolute Gasteiger partial charge is 0.191 e. The molecule has 5 nitrogen and oxygen atoms in total. The molecule has 0 amide bonds. The minimum Gasteiger partial charge on any atom is -0.496 e. The lowest BCUT2D eigenvalue weighted by Gasteiger charge is -2.35. The van der Waals surface area contributed by atoms with Crippen molar-refractivity contribution in [1.82, 2.24) is 9.80 Å². The molecule has 1 saturated heterocycles. The number of ether oxygens (including phenoxy) is 1. The SMILES string of the molecule is COc1ccccc1C(CN=C(N)N(C)C1CC1)N1CCCCC1.I. The fourth-order valence-corrected chi connectivity index (χ4v) is 3.52. The van der Waals surface area contributed by atoms with Gasteiger partial charge in [-0.1, -0.05) is 24.6 Å². The molecule has 1 atom stereocenters. The molecule has 2 N–H and O–H groups in total. The molecule has 3 rings (SSSR count). The third kappa shape index (κ3) is 5.23. The van der Waals surface area contributed by atoms with E-state index in [1.165, 1.54) is 37.7 Å². The summed E-state index contributed by atoms with van der Waals surface area (Å²) in [6.07, 6.45) is 6.30. The molecule has 1 aliphatic carbocycles. The Balaban J connectivity index is 0.00000225. The van der Waals surface area contributed by atoms with Gasteiger partial charge in [0.2, 0.25) is 0 Å². The molecule has 0 aromatic heterocycles. The molecule has 1 saturated carbocycles. The molecule has 1 heterocycles. The number of guanidine groups is 1. The Labute approximate surface area is 168 Å². The number of benzene rings is 1. The van der Waals surface area contributed by atoms with Gasteiger partial charge in [-0.2, -0.15) is 0 Å². The van der Waals surface area contributed by atoms with Crippen molar-refractivity contribution in [2.45, 2.75) is 44.2 Å². The van der Waals surface area contributed by atoms with E-state index in [1.54, 1.807) is 7.11 Å². The number of nitrogens with zero attached hydrogens (tertiary/aromatic N) is 3. The number of halogens is 1. The molecule has 1 unspecified atom stereocenters. The van der Waals surface area contributed by atoms with Crippen LogP contribution in [0.2, 0.25) is 0 Å². The van der Waals surface area contributed by atoms with Crippen LogP contribution in [0.5, 0.6) is 5.75 Å². The summed E-state index contributed by atoms with van der Waals surface area (Å²) in [6, 6.07) is 9.12. The summed E-state index contributed by atoms with van der Waals surface area (Å²) >= 11 is 0. The van der Waals surface area contributed by atoms with E-state index in [1.807, 2.05) is 12.1 Å². The molecule has 140 valence electrons. The van der Waals surface area contributed by atoms with Crippen LogP contribution >= 0.6 is 24.0 Å². The van der Waals surface area contributed by atoms with Crippen LogP contribution in [0.3, 0.4) is 0 Å². The Hall–Kier alpha value is -1.02. The number of rotatable bonds is 6. The van der Waals surface area contributed by atoms with Gasteiger partial charge in [0.25, 0.3) is 0 Å². The Morgan fingerprint density at radius 2 is 1.96 bits per heavy atom. The predicted octanol–water partition coefficient (Wildman–Crippen LogP) is 3.25. The number of likely N-dealkylation sites (tertiary alicyclic amines) is 1. The first kappa shape index (κ1) is 20.3. The van der Waals surface area contributed by atoms with Gasteiger partial charge in [0.05, 0.1) is 19.7 Å². The Morgan fingerprint density at radius 3 is 2.60 bits per heavy atom. The summed E-state index contributed by atoms with van der Waals surface area (Å²) in [5, 5.41) is 0. The largest absolute Gasteiger partial charge is 0.496 e. The molecule has 1 aromatic carbocycles. The summed E-state index contributed by atoms with van der Waals surface area (Å²) < 4.78 is 5.60. The van der Waals surface area contributed by atoms with Crippen LogP contribution in [-0.2, 0) is 0 Å². The average molecular weight is 458 g/mol. The van der Waals surface area contributed by atoms with E-state index in [9.17, 15) is 0 Å². The van der Waals surface area contributed by atoms with Gasteiger partial charge in [0.15, 0.2) is 5.96 Å². The first-order chi connectivity index (χ1) is 11.7. The zero-order chi connectivity index (χ0) is 16.9. The monoisotopic (exact) mass is 458 g/mol. The number of hydrogen-bond donors (Lipinski definition) is 1. The third-order valence-corrected chi connectivity index (χ3v) is 5.21. The Morgan fingerprint density at radius 1 is 1.28 bits per heavy atom. The van der Waals surface area contributed by atoms with Crippen molar-refractivity contribution < 1.29 is 4.74 Å². The Kier molecular flexibility index (Phi) is 7.81. The van der Waals surface area contributed by atoms with E-state index in [2.05, 4.69) is 29.0 Å². The van der Waals surface area contributed by atoms with Crippen molar-refractivity contribution >= 4 is 29.9 Å². The maximum Gasteiger partial charge on any atom is 0.191 e. The summed E-state index contributed by atoms with van der Waals surface area (Å²) in [7, 11) is 3.79. The standard InChI is InChI=1S/C19H30N4O.HI/c1-22(15-10-11-15)19(20)21-14-17(23-12-6-3-7-13-23)16-8-4-5-9-18(16)24-2;/h4-5,8-9,15,17H,3,6-7,10-14H2,1-2H3,(H2,20,21);1H. The van der Waals surface area contributed by atoms with E-state index in [4.69, 9.17) is 15.5 Å². The number of piperidine rings is 1. The van der Waals surface area contributed by atoms with Gasteiger partial charge >= 0.3 is 0 Å². The van der Waals surface area contributed by atoms with E-state index in [0.29, 0.717) is 18.5 Å². The number of methoxy groups -OCH3 is 1. The lowest BCUT2D eigenvalue weighted by Crippen LogP contribution is -2.38. The molecular formula is C19H31IN4O. The maximum atomic E-state index is 6.21. The van der Waals surface area contributed by atoms with Gasteiger partial charge in [-0.15, -0.1) is 24.0 Å². The van der Waals surface area contributed by atoms with Crippen molar-refractivity contribution in [1.29, 1.82) is 0 Å². The summed E-state index contributed by atoms with van der Waals surface area (Å²) in [4.78, 5) is 9.39. The number of nitrogens with two attached hydrogens (primary N) is 1. The van der Waals surface area contributed by atoms with Crippen LogP contribution in [0.25, 0.3) is 0 Å². The first-order valence-electron chi connectivity index (χ1n) is 9.10. The molecular weight excluding hydrogens is 427 g/mol. The molecule has 1 aliphatic heterocycles. The molecule has 2 fully saturated rings. The highest BCUT2D eigenvalue weighted by molar-refractivity contribution is 14.0. The molecule has 0 radical (unpaired) electrons. The second-order valence-electron chi connectivity index (χ2n) is 6.90. The minimum absolute atomic E-state index is 0. The van der Waals surface area contributed by atoms with Gasteiger partial charge in [0.1, 0.15) is 5.75 Å². The number of hydrogen-bond acceptors (Lipinski definition) is 3. The van der Waals surface area contributed by atoms with Crippen LogP contribution < -0.4 is 10.5 Å². The molecule has 2 aliphatic rings. The molecule has 0 bridgehead atoms. The van der Waals surface area contributed by atoms with Gasteiger partial charge in [-0.3, -0.25) is 9.89 Å². The van der Waals surface area contributed by atoms with Gasteiger partial charge in [-0.25, -0.2) is 0 Å². The van der Waals surface area contributed by atoms with Crippen LogP contribution in [0.4, 0.5) is 0 Å². The highest BCUT2D eigenvalue weighted by atomic mass is 127. The van der Waals surface area contributed by atoms with Gasteiger partial charge < -0.3 is 15.4 Å². The molecule has 1 aromatic rings. The summed E-state index contributed by atoms with van der Waals surface area (Å²) in [5.74, 6) is 1.60. The lowest BCUT2D eigenvalue weighted by atomic mass is 10.0. The van der Waals surface area contributed by atoms with Crippen molar-refractivity contribution in [3.05, 3.63) is 29.8 Å². The van der Waals surface area contributed by atoms with Crippen molar-refractivity contribution in [3.8, 4) is 5.75 Å². The second-order valence-corrected chi connectivity index (χ2v) is 6.90. The maximum absolute atomic E-state index is 6.21. The van der Waals surface area contributed by atoms with Crippen LogP contribution in [0, 0.1) is 0 Å². The van der Waals surface area contributed by atoms with Crippen molar-refractivity contribution in [3.63, 3.8) is 0 Å². The third-order valence-electron chi connectivity index (χ3n) is 5.21. The van der Waals surface area contributed by atoms with E-state index in [0.717, 1.165) is 18.8 Å². The van der Waals surface area contributed by atoms with Crippen molar-refractivity contribution in [2.75, 3.05) is 33.8 Å². The van der Waals surface area contributed by atoms with Crippen LogP contribution in [0.1, 0.15) is 43.7 Å². The van der Waals surface area contributed by atoms with Crippen molar-refractivity contribution in [2.24, 2.45) is 10.7 Å². The van der Waals surface area contributed by atoms with Gasteiger partial charge in [0, 0.05) is 18.7 Å². The minimum atomic E-state index is 0. The fourth-order valence-electron chi connectivity index (χ4n) is 3.52. The zero-order valence-electron chi connectivity index (χ0n) is 15.4. The first-order valence-corrected chi connectivity index (χ1v) is 9.10. The van der Waals surface area contributed by atoms with Crippen LogP contribution in [0.15, 0.2) is 29.3 Å². The normalized spacial score (nSPS) is 19.8. The van der Waals surface area contributed by atoms with E-state index < -0.39 is 0 Å². The van der Waals surface area contributed by atoms with Crippen LogP contribution in [-0.4, -0.2) is 55.6 Å².